The number of rotatable bonds is 6. The quantitative estimate of drug-likeness (QED) is 0.521. The standard InChI is InChI=1S/C19H16F8N4O2S/c1-3-34(32,33)12-6-10(16(9-28)4-5-16)7-29-13(12)15-30-8-11(31(15)2)14(20)17(21,18(22,23)24)19(25,26)27/h6-8,14H,3-5H2,1-2H3/t14-/m1/s1. The lowest BCUT2D eigenvalue weighted by molar-refractivity contribution is -0.359. The second-order valence-corrected chi connectivity index (χ2v) is 10.1. The molecule has 2 heterocycles. The molecule has 1 aliphatic rings. The van der Waals surface area contributed by atoms with Gasteiger partial charge in [-0.05, 0) is 24.5 Å². The van der Waals surface area contributed by atoms with Gasteiger partial charge in [-0.2, -0.15) is 31.6 Å². The molecule has 1 aliphatic carbocycles. The van der Waals surface area contributed by atoms with Gasteiger partial charge in [-0.3, -0.25) is 4.98 Å². The van der Waals surface area contributed by atoms with E-state index in [1.807, 2.05) is 6.07 Å². The summed E-state index contributed by atoms with van der Waals surface area (Å²) in [7, 11) is -3.30. The molecule has 0 N–H and O–H groups in total. The molecule has 6 nitrogen and oxygen atoms in total. The van der Waals surface area contributed by atoms with E-state index in [0.29, 0.717) is 17.4 Å². The fourth-order valence-electron chi connectivity index (χ4n) is 3.39. The molecule has 3 rings (SSSR count). The second kappa shape index (κ2) is 7.89. The highest BCUT2D eigenvalue weighted by atomic mass is 32.2. The first-order valence-electron chi connectivity index (χ1n) is 9.60. The van der Waals surface area contributed by atoms with Gasteiger partial charge in [0, 0.05) is 13.2 Å². The number of halogens is 8. The fourth-order valence-corrected chi connectivity index (χ4v) is 4.44. The van der Waals surface area contributed by atoms with Gasteiger partial charge in [0.15, 0.2) is 21.8 Å². The molecule has 2 aromatic rings. The minimum atomic E-state index is -6.65. The van der Waals surface area contributed by atoms with Crippen LogP contribution in [-0.2, 0) is 22.3 Å². The van der Waals surface area contributed by atoms with Gasteiger partial charge in [-0.1, -0.05) is 6.92 Å². The minimum absolute atomic E-state index is 0.250. The third-order valence-electron chi connectivity index (χ3n) is 5.75. The number of nitrogens with zero attached hydrogens (tertiary/aromatic N) is 4. The molecule has 0 bridgehead atoms. The van der Waals surface area contributed by atoms with Gasteiger partial charge in [-0.15, -0.1) is 0 Å². The van der Waals surface area contributed by atoms with E-state index in [2.05, 4.69) is 9.97 Å². The number of nitriles is 1. The average molecular weight is 516 g/mol. The van der Waals surface area contributed by atoms with Crippen LogP contribution in [0.2, 0.25) is 0 Å². The number of aromatic nitrogens is 3. The largest absolute Gasteiger partial charge is 0.434 e. The Morgan fingerprint density at radius 2 is 1.68 bits per heavy atom. The van der Waals surface area contributed by atoms with Gasteiger partial charge < -0.3 is 4.57 Å². The van der Waals surface area contributed by atoms with Gasteiger partial charge in [0.25, 0.3) is 0 Å². The van der Waals surface area contributed by atoms with Crippen LogP contribution in [0.3, 0.4) is 0 Å². The summed E-state index contributed by atoms with van der Waals surface area (Å²) in [4.78, 5) is 6.99. The van der Waals surface area contributed by atoms with Crippen molar-refractivity contribution in [2.24, 2.45) is 7.05 Å². The summed E-state index contributed by atoms with van der Waals surface area (Å²) >= 11 is 0. The Kier molecular flexibility index (Phi) is 6.00. The Morgan fingerprint density at radius 1 is 1.12 bits per heavy atom. The molecule has 1 saturated carbocycles. The molecule has 2 aromatic heterocycles. The van der Waals surface area contributed by atoms with Crippen molar-refractivity contribution in [3.63, 3.8) is 0 Å². The molecule has 1 atom stereocenters. The van der Waals surface area contributed by atoms with Crippen molar-refractivity contribution in [3.05, 3.63) is 29.7 Å². The number of pyridine rings is 1. The summed E-state index contributed by atoms with van der Waals surface area (Å²) in [5, 5.41) is 9.36. The number of imidazole rings is 1. The molecule has 0 unspecified atom stereocenters. The molecule has 0 aliphatic heterocycles. The highest BCUT2D eigenvalue weighted by Crippen LogP contribution is 2.55. The van der Waals surface area contributed by atoms with E-state index in [0.717, 1.165) is 19.3 Å². The van der Waals surface area contributed by atoms with E-state index in [9.17, 15) is 48.8 Å². The van der Waals surface area contributed by atoms with Crippen molar-refractivity contribution in [1.82, 2.24) is 14.5 Å². The van der Waals surface area contributed by atoms with E-state index in [1.54, 1.807) is 0 Å². The average Bonchev–Trinajstić information content (AvgIpc) is 3.46. The molecule has 0 aromatic carbocycles. The smallest absolute Gasteiger partial charge is 0.327 e. The van der Waals surface area contributed by atoms with Crippen molar-refractivity contribution in [2.75, 3.05) is 5.75 Å². The highest BCUT2D eigenvalue weighted by molar-refractivity contribution is 7.91. The number of hydrogen-bond acceptors (Lipinski definition) is 5. The van der Waals surface area contributed by atoms with Crippen LogP contribution in [0.4, 0.5) is 35.1 Å². The van der Waals surface area contributed by atoms with Crippen molar-refractivity contribution in [1.29, 1.82) is 5.26 Å². The van der Waals surface area contributed by atoms with Crippen LogP contribution < -0.4 is 0 Å². The van der Waals surface area contributed by atoms with Crippen LogP contribution in [0, 0.1) is 11.3 Å². The molecule has 0 spiro atoms. The maximum atomic E-state index is 14.6. The zero-order chi connectivity index (χ0) is 25.9. The number of hydrogen-bond donors (Lipinski definition) is 0. The maximum Gasteiger partial charge on any atom is 0.434 e. The molecule has 15 heteroatoms. The topological polar surface area (TPSA) is 88.6 Å². The number of alkyl halides is 8. The van der Waals surface area contributed by atoms with Gasteiger partial charge in [0.05, 0.1) is 34.0 Å². The molecule has 0 amide bonds. The fraction of sp³-hybridized carbons (Fsp3) is 0.526. The van der Waals surface area contributed by atoms with Crippen molar-refractivity contribution in [3.8, 4) is 17.6 Å². The second-order valence-electron chi connectivity index (χ2n) is 7.80. The van der Waals surface area contributed by atoms with Gasteiger partial charge in [-0.25, -0.2) is 22.2 Å². The zero-order valence-electron chi connectivity index (χ0n) is 17.5. The lowest BCUT2D eigenvalue weighted by Crippen LogP contribution is -2.56. The first-order valence-corrected chi connectivity index (χ1v) is 11.2. The summed E-state index contributed by atoms with van der Waals surface area (Å²) in [5.41, 5.74) is -8.89. The maximum absolute atomic E-state index is 14.6. The van der Waals surface area contributed by atoms with Crippen molar-refractivity contribution in [2.45, 2.75) is 54.3 Å². The molecule has 0 radical (unpaired) electrons. The molecule has 186 valence electrons. The van der Waals surface area contributed by atoms with Crippen LogP contribution in [0.1, 0.15) is 37.2 Å². The van der Waals surface area contributed by atoms with Gasteiger partial charge >= 0.3 is 18.0 Å². The first-order chi connectivity index (χ1) is 15.5. The normalized spacial score (nSPS) is 17.3. The lowest BCUT2D eigenvalue weighted by atomic mass is 9.96. The summed E-state index contributed by atoms with van der Waals surface area (Å²) in [6.45, 7) is 1.27. The van der Waals surface area contributed by atoms with Gasteiger partial charge in [0.1, 0.15) is 5.69 Å². The Bertz CT molecular complexity index is 1240. The lowest BCUT2D eigenvalue weighted by Gasteiger charge is -2.32. The van der Waals surface area contributed by atoms with Crippen LogP contribution in [0.15, 0.2) is 23.4 Å². The molecule has 1 fully saturated rings. The van der Waals surface area contributed by atoms with E-state index < -0.39 is 67.3 Å². The van der Waals surface area contributed by atoms with Crippen molar-refractivity contribution < 1.29 is 43.5 Å². The predicted octanol–water partition coefficient (Wildman–Crippen LogP) is 4.67. The van der Waals surface area contributed by atoms with E-state index >= 15 is 0 Å². The summed E-state index contributed by atoms with van der Waals surface area (Å²) in [6, 6.07) is 3.17. The summed E-state index contributed by atoms with van der Waals surface area (Å²) in [5.74, 6) is -1.08. The van der Waals surface area contributed by atoms with Crippen LogP contribution in [0.25, 0.3) is 11.5 Å². The predicted molar refractivity (Wildman–Crippen MR) is 100 cm³/mol. The van der Waals surface area contributed by atoms with E-state index in [1.165, 1.54) is 6.92 Å². The summed E-state index contributed by atoms with van der Waals surface area (Å²) < 4.78 is 132. The highest BCUT2D eigenvalue weighted by Gasteiger charge is 2.77. The van der Waals surface area contributed by atoms with Crippen molar-refractivity contribution >= 4 is 9.84 Å². The SMILES string of the molecule is CCS(=O)(=O)c1cc(C2(C#N)CC2)cnc1-c1ncc([C@@H](F)C(F)(C(F)(F)F)C(F)(F)F)n1C. The third-order valence-corrected chi connectivity index (χ3v) is 7.50. The number of sulfone groups is 1. The van der Waals surface area contributed by atoms with Crippen LogP contribution in [0.5, 0.6) is 0 Å². The van der Waals surface area contributed by atoms with E-state index in [4.69, 9.17) is 0 Å². The van der Waals surface area contributed by atoms with Crippen LogP contribution in [-0.4, -0.2) is 46.7 Å². The Morgan fingerprint density at radius 3 is 2.12 bits per heavy atom. The first kappa shape index (κ1) is 25.9. The molecular weight excluding hydrogens is 500 g/mol. The molecule has 34 heavy (non-hydrogen) atoms. The summed E-state index contributed by atoms with van der Waals surface area (Å²) in [6.07, 6.45) is -15.3. The Balaban J connectivity index is 2.19. The Labute approximate surface area is 188 Å². The minimum Gasteiger partial charge on any atom is -0.327 e. The Hall–Kier alpha value is -2.76. The van der Waals surface area contributed by atoms with Crippen LogP contribution >= 0.6 is 0 Å². The monoisotopic (exact) mass is 516 g/mol. The molecule has 0 saturated heterocycles. The van der Waals surface area contributed by atoms with E-state index in [-0.39, 0.29) is 11.8 Å². The third kappa shape index (κ3) is 3.81. The zero-order valence-corrected chi connectivity index (χ0v) is 18.3. The molecular formula is C19H16F8N4O2S. The van der Waals surface area contributed by atoms with Gasteiger partial charge in [0.2, 0.25) is 0 Å².